The van der Waals surface area contributed by atoms with Crippen LogP contribution in [-0.4, -0.2) is 17.3 Å². The van der Waals surface area contributed by atoms with Gasteiger partial charge >= 0.3 is 12.3 Å². The van der Waals surface area contributed by atoms with Gasteiger partial charge in [0, 0.05) is 6.20 Å². The summed E-state index contributed by atoms with van der Waals surface area (Å²) in [6.07, 6.45) is -9.79. The predicted molar refractivity (Wildman–Crippen MR) is 43.6 cm³/mol. The molecular formula is C7H3BrF5NO. The Hall–Kier alpha value is -0.920. The van der Waals surface area contributed by atoms with Gasteiger partial charge in [-0.15, -0.1) is 0 Å². The molecule has 1 aromatic heterocycles. The molecule has 15 heavy (non-hydrogen) atoms. The highest BCUT2D eigenvalue weighted by Gasteiger charge is 2.61. The SMILES string of the molecule is FC(F)(F)C(F)(F)Oc1cccnc1Br. The maximum Gasteiger partial charge on any atom is 0.499 e. The van der Waals surface area contributed by atoms with E-state index in [1.165, 1.54) is 12.3 Å². The maximum atomic E-state index is 12.4. The fourth-order valence-electron chi connectivity index (χ4n) is 0.643. The van der Waals surface area contributed by atoms with Gasteiger partial charge in [-0.1, -0.05) is 0 Å². The molecule has 0 amide bonds. The van der Waals surface area contributed by atoms with E-state index in [4.69, 9.17) is 0 Å². The largest absolute Gasteiger partial charge is 0.499 e. The zero-order valence-electron chi connectivity index (χ0n) is 6.86. The smallest absolute Gasteiger partial charge is 0.423 e. The Morgan fingerprint density at radius 1 is 1.20 bits per heavy atom. The number of ether oxygens (including phenoxy) is 1. The summed E-state index contributed by atoms with van der Waals surface area (Å²) in [6, 6.07) is 2.11. The molecule has 0 aliphatic rings. The van der Waals surface area contributed by atoms with Gasteiger partial charge < -0.3 is 4.74 Å². The average Bonchev–Trinajstić information content (AvgIpc) is 2.06. The highest BCUT2D eigenvalue weighted by molar-refractivity contribution is 9.10. The summed E-state index contributed by atoms with van der Waals surface area (Å²) < 4.78 is 63.3. The van der Waals surface area contributed by atoms with Crippen LogP contribution in [0.4, 0.5) is 22.0 Å². The molecular weight excluding hydrogens is 289 g/mol. The number of rotatable bonds is 2. The topological polar surface area (TPSA) is 22.1 Å². The molecule has 0 aromatic carbocycles. The Kier molecular flexibility index (Phi) is 3.17. The van der Waals surface area contributed by atoms with Gasteiger partial charge in [0.1, 0.15) is 4.60 Å². The lowest BCUT2D eigenvalue weighted by Crippen LogP contribution is -2.42. The molecule has 0 saturated carbocycles. The third-order valence-corrected chi connectivity index (χ3v) is 1.89. The zero-order valence-corrected chi connectivity index (χ0v) is 8.44. The van der Waals surface area contributed by atoms with Gasteiger partial charge in [0.25, 0.3) is 0 Å². The van der Waals surface area contributed by atoms with Gasteiger partial charge in [-0.25, -0.2) is 4.98 Å². The summed E-state index contributed by atoms with van der Waals surface area (Å²) in [6.45, 7) is 0. The van der Waals surface area contributed by atoms with Gasteiger partial charge in [0.2, 0.25) is 0 Å². The lowest BCUT2D eigenvalue weighted by molar-refractivity contribution is -0.360. The highest BCUT2D eigenvalue weighted by Crippen LogP contribution is 2.38. The molecule has 2 nitrogen and oxygen atoms in total. The van der Waals surface area contributed by atoms with Crippen molar-refractivity contribution in [3.8, 4) is 5.75 Å². The van der Waals surface area contributed by atoms with E-state index >= 15 is 0 Å². The van der Waals surface area contributed by atoms with Crippen LogP contribution in [0.15, 0.2) is 22.9 Å². The first-order valence-corrected chi connectivity index (χ1v) is 4.27. The van der Waals surface area contributed by atoms with Crippen LogP contribution in [-0.2, 0) is 0 Å². The quantitative estimate of drug-likeness (QED) is 0.616. The van der Waals surface area contributed by atoms with Gasteiger partial charge in [-0.05, 0) is 28.1 Å². The Balaban J connectivity index is 2.92. The number of alkyl halides is 5. The second-order valence-corrected chi connectivity index (χ2v) is 3.16. The normalized spacial score (nSPS) is 12.7. The van der Waals surface area contributed by atoms with Crippen molar-refractivity contribution in [3.05, 3.63) is 22.9 Å². The van der Waals surface area contributed by atoms with Crippen molar-refractivity contribution in [1.29, 1.82) is 0 Å². The first-order chi connectivity index (χ1) is 6.74. The van der Waals surface area contributed by atoms with Crippen LogP contribution in [0.5, 0.6) is 5.75 Å². The Bertz CT molecular complexity index is 353. The molecule has 1 aromatic rings. The summed E-state index contributed by atoms with van der Waals surface area (Å²) in [7, 11) is 0. The van der Waals surface area contributed by atoms with Crippen LogP contribution in [0.1, 0.15) is 0 Å². The molecule has 0 bridgehead atoms. The van der Waals surface area contributed by atoms with Crippen LogP contribution in [0, 0.1) is 0 Å². The van der Waals surface area contributed by atoms with Crippen LogP contribution < -0.4 is 4.74 Å². The molecule has 84 valence electrons. The first kappa shape index (κ1) is 12.2. The van der Waals surface area contributed by atoms with Gasteiger partial charge in [-0.3, -0.25) is 0 Å². The predicted octanol–water partition coefficient (Wildman–Crippen LogP) is 3.38. The molecule has 1 heterocycles. The zero-order chi connectivity index (χ0) is 11.7. The molecule has 0 atom stereocenters. The fraction of sp³-hybridized carbons (Fsp3) is 0.286. The molecule has 0 N–H and O–H groups in total. The minimum absolute atomic E-state index is 0.228. The molecule has 8 heteroatoms. The number of hydrogen-bond donors (Lipinski definition) is 0. The molecule has 0 spiro atoms. The van der Waals surface area contributed by atoms with Crippen LogP contribution >= 0.6 is 15.9 Å². The van der Waals surface area contributed by atoms with Crippen LogP contribution in [0.2, 0.25) is 0 Å². The van der Waals surface area contributed by atoms with Gasteiger partial charge in [0.05, 0.1) is 0 Å². The minimum atomic E-state index is -5.76. The van der Waals surface area contributed by atoms with E-state index in [1.807, 2.05) is 0 Å². The van der Waals surface area contributed by atoms with Crippen molar-refractivity contribution < 1.29 is 26.7 Å². The molecule has 0 unspecified atom stereocenters. The van der Waals surface area contributed by atoms with Crippen molar-refractivity contribution >= 4 is 15.9 Å². The molecule has 0 aliphatic heterocycles. The lowest BCUT2D eigenvalue weighted by Gasteiger charge is -2.20. The lowest BCUT2D eigenvalue weighted by atomic mass is 10.4. The molecule has 1 rings (SSSR count). The molecule has 0 aliphatic carbocycles. The first-order valence-electron chi connectivity index (χ1n) is 3.48. The van der Waals surface area contributed by atoms with Crippen molar-refractivity contribution in [3.63, 3.8) is 0 Å². The second kappa shape index (κ2) is 3.92. The van der Waals surface area contributed by atoms with E-state index in [-0.39, 0.29) is 4.60 Å². The van der Waals surface area contributed by atoms with E-state index in [0.29, 0.717) is 0 Å². The molecule has 0 saturated heterocycles. The molecule has 0 radical (unpaired) electrons. The number of halogens is 6. The van der Waals surface area contributed by atoms with Crippen molar-refractivity contribution in [2.45, 2.75) is 12.3 Å². The van der Waals surface area contributed by atoms with Crippen molar-refractivity contribution in [2.75, 3.05) is 0 Å². The summed E-state index contributed by atoms with van der Waals surface area (Å²) in [5.74, 6) is -0.681. The Labute approximate surface area is 89.2 Å². The number of aromatic nitrogens is 1. The number of pyridine rings is 1. The minimum Gasteiger partial charge on any atom is -0.423 e. The van der Waals surface area contributed by atoms with Crippen LogP contribution in [0.25, 0.3) is 0 Å². The maximum absolute atomic E-state index is 12.4. The standard InChI is InChI=1S/C7H3BrF5NO/c8-5-4(2-1-3-14-5)15-7(12,13)6(9,10)11/h1-3H. The third kappa shape index (κ3) is 2.77. The second-order valence-electron chi connectivity index (χ2n) is 2.41. The Morgan fingerprint density at radius 3 is 2.27 bits per heavy atom. The summed E-state index contributed by atoms with van der Waals surface area (Å²) in [5, 5.41) is 0. The van der Waals surface area contributed by atoms with Gasteiger partial charge in [-0.2, -0.15) is 22.0 Å². The highest BCUT2D eigenvalue weighted by atomic mass is 79.9. The van der Waals surface area contributed by atoms with E-state index in [1.54, 1.807) is 0 Å². The van der Waals surface area contributed by atoms with Crippen LogP contribution in [0.3, 0.4) is 0 Å². The third-order valence-electron chi connectivity index (χ3n) is 1.29. The Morgan fingerprint density at radius 2 is 1.80 bits per heavy atom. The molecule has 0 fully saturated rings. The number of hydrogen-bond acceptors (Lipinski definition) is 2. The van der Waals surface area contributed by atoms with Crippen molar-refractivity contribution in [2.24, 2.45) is 0 Å². The van der Waals surface area contributed by atoms with E-state index in [2.05, 4.69) is 25.7 Å². The average molecular weight is 292 g/mol. The summed E-state index contributed by atoms with van der Waals surface area (Å²) in [5.41, 5.74) is 0. The van der Waals surface area contributed by atoms with E-state index in [9.17, 15) is 22.0 Å². The van der Waals surface area contributed by atoms with Crippen molar-refractivity contribution in [1.82, 2.24) is 4.98 Å². The van der Waals surface area contributed by atoms with E-state index < -0.39 is 18.0 Å². The number of nitrogens with zero attached hydrogens (tertiary/aromatic N) is 1. The van der Waals surface area contributed by atoms with E-state index in [0.717, 1.165) is 6.07 Å². The summed E-state index contributed by atoms with van der Waals surface area (Å²) in [4.78, 5) is 3.44. The monoisotopic (exact) mass is 291 g/mol. The van der Waals surface area contributed by atoms with Gasteiger partial charge in [0.15, 0.2) is 5.75 Å². The fourth-order valence-corrected chi connectivity index (χ4v) is 0.975. The summed E-state index contributed by atoms with van der Waals surface area (Å²) >= 11 is 2.68.